The number of likely N-dealkylation sites (tertiary alicyclic amines) is 1. The number of anilines is 2. The zero-order chi connectivity index (χ0) is 34.1. The third-order valence-electron chi connectivity index (χ3n) is 9.44. The number of carbonyl (C=O) groups is 1. The number of thiophene rings is 1. The molecular weight excluding hydrogens is 676 g/mol. The van der Waals surface area contributed by atoms with E-state index in [2.05, 4.69) is 15.0 Å². The number of likely N-dealkylation sites (N-methyl/N-ethyl adjacent to an activating group) is 1. The standard InChI is InChI=1S/C33H26ClF2N9O3S/c1-43-8-2-3-20(43)21-6-7-22(46)45-16(11-15(12-37)42-45)14-44-9-10-47-29-25-28(40-33(48-21)41-32(25)44)27(36)24(26(29)34)17-4-5-19(35)30-23(17)18(13-38)31(39)49-30/h4-5,11,20-21H,2-3,6-10,14,39H2,1H3/t20-,21?/m0/s1. The Balaban J connectivity index is 1.41. The van der Waals surface area contributed by atoms with Gasteiger partial charge in [0.2, 0.25) is 5.91 Å². The SMILES string of the molecule is CN1CCC[C@H]1C1CCC(=O)n2nc(C#N)cc2CN2CCOc3c(Cl)c(-c4ccc(F)c5sc(N)c(C#N)c45)c(F)c4nc(nc2c34)O1. The van der Waals surface area contributed by atoms with Crippen molar-refractivity contribution < 1.29 is 23.0 Å². The summed E-state index contributed by atoms with van der Waals surface area (Å²) < 4.78 is 46.2. The largest absolute Gasteiger partial charge is 0.489 e. The Morgan fingerprint density at radius 1 is 1.14 bits per heavy atom. The summed E-state index contributed by atoms with van der Waals surface area (Å²) in [6, 6.07) is 7.95. The zero-order valence-corrected chi connectivity index (χ0v) is 27.5. The minimum atomic E-state index is -0.849. The summed E-state index contributed by atoms with van der Waals surface area (Å²) >= 11 is 7.90. The van der Waals surface area contributed by atoms with Gasteiger partial charge in [0, 0.05) is 23.4 Å². The second-order valence-corrected chi connectivity index (χ2v) is 13.7. The molecule has 1 fully saturated rings. The monoisotopic (exact) mass is 701 g/mol. The van der Waals surface area contributed by atoms with Gasteiger partial charge in [-0.2, -0.15) is 25.6 Å². The van der Waals surface area contributed by atoms with Crippen molar-refractivity contribution in [1.82, 2.24) is 24.6 Å². The normalized spacial score (nSPS) is 19.5. The van der Waals surface area contributed by atoms with Gasteiger partial charge in [-0.05, 0) is 50.6 Å². The number of benzene rings is 2. The molecule has 8 rings (SSSR count). The van der Waals surface area contributed by atoms with E-state index < -0.39 is 17.7 Å². The first kappa shape index (κ1) is 31.2. The van der Waals surface area contributed by atoms with Gasteiger partial charge in [0.25, 0.3) is 0 Å². The molecule has 1 unspecified atom stereocenters. The van der Waals surface area contributed by atoms with E-state index in [1.54, 1.807) is 11.0 Å². The summed E-state index contributed by atoms with van der Waals surface area (Å²) in [6.45, 7) is 1.21. The summed E-state index contributed by atoms with van der Waals surface area (Å²) in [5.41, 5.74) is 6.50. The first-order valence-corrected chi connectivity index (χ1v) is 16.8. The molecule has 6 heterocycles. The van der Waals surface area contributed by atoms with Gasteiger partial charge in [0.05, 0.1) is 39.5 Å². The number of nitrogens with two attached hydrogens (primary N) is 1. The lowest BCUT2D eigenvalue weighted by molar-refractivity contribution is 0.0733. The quantitative estimate of drug-likeness (QED) is 0.243. The van der Waals surface area contributed by atoms with Crippen LogP contribution in [0.4, 0.5) is 19.6 Å². The molecule has 16 heteroatoms. The van der Waals surface area contributed by atoms with Crippen LogP contribution in [0.2, 0.25) is 5.02 Å². The third kappa shape index (κ3) is 4.91. The highest BCUT2D eigenvalue weighted by Crippen LogP contribution is 2.51. The van der Waals surface area contributed by atoms with Gasteiger partial charge < -0.3 is 20.1 Å². The van der Waals surface area contributed by atoms with Crippen LogP contribution in [-0.2, 0) is 6.54 Å². The predicted octanol–water partition coefficient (Wildman–Crippen LogP) is 5.64. The maximum Gasteiger partial charge on any atom is 0.319 e. The molecule has 248 valence electrons. The van der Waals surface area contributed by atoms with Crippen LogP contribution in [0.25, 0.3) is 32.1 Å². The number of ether oxygens (including phenoxy) is 2. The van der Waals surface area contributed by atoms with Gasteiger partial charge in [-0.1, -0.05) is 17.7 Å². The smallest absolute Gasteiger partial charge is 0.319 e. The van der Waals surface area contributed by atoms with Gasteiger partial charge in [-0.15, -0.1) is 11.3 Å². The lowest BCUT2D eigenvalue weighted by Gasteiger charge is -2.30. The molecule has 2 bridgehead atoms. The molecule has 3 aliphatic rings. The van der Waals surface area contributed by atoms with E-state index in [9.17, 15) is 19.7 Å². The van der Waals surface area contributed by atoms with Crippen molar-refractivity contribution in [2.24, 2.45) is 0 Å². The molecule has 2 atom stereocenters. The van der Waals surface area contributed by atoms with Crippen molar-refractivity contribution in [2.75, 3.05) is 37.4 Å². The van der Waals surface area contributed by atoms with Crippen molar-refractivity contribution in [3.05, 3.63) is 51.8 Å². The molecule has 0 amide bonds. The fourth-order valence-electron chi connectivity index (χ4n) is 7.16. The fraction of sp³-hybridized carbons (Fsp3) is 0.333. The van der Waals surface area contributed by atoms with Gasteiger partial charge in [-0.25, -0.2) is 13.5 Å². The van der Waals surface area contributed by atoms with Gasteiger partial charge >= 0.3 is 6.01 Å². The van der Waals surface area contributed by atoms with Crippen molar-refractivity contribution >= 4 is 60.7 Å². The van der Waals surface area contributed by atoms with E-state index in [-0.39, 0.29) is 109 Å². The number of hydrogen-bond acceptors (Lipinski definition) is 12. The highest BCUT2D eigenvalue weighted by molar-refractivity contribution is 7.23. The summed E-state index contributed by atoms with van der Waals surface area (Å²) in [6.07, 6.45) is 1.57. The van der Waals surface area contributed by atoms with E-state index in [1.807, 2.05) is 19.2 Å². The lowest BCUT2D eigenvalue weighted by atomic mass is 9.96. The summed E-state index contributed by atoms with van der Waals surface area (Å²) in [5, 5.41) is 24.1. The molecule has 3 aromatic heterocycles. The second-order valence-electron chi connectivity index (χ2n) is 12.2. The Hall–Kier alpha value is -5.09. The van der Waals surface area contributed by atoms with E-state index in [0.717, 1.165) is 30.7 Å². The Bertz CT molecular complexity index is 2310. The average molecular weight is 702 g/mol. The fourth-order valence-corrected chi connectivity index (χ4v) is 8.44. The Kier molecular flexibility index (Phi) is 7.51. The number of hydrogen-bond donors (Lipinski definition) is 1. The lowest BCUT2D eigenvalue weighted by Crippen LogP contribution is -2.41. The average Bonchev–Trinajstić information content (AvgIpc) is 3.77. The number of halogens is 3. The van der Waals surface area contributed by atoms with Gasteiger partial charge in [-0.3, -0.25) is 9.69 Å². The third-order valence-corrected chi connectivity index (χ3v) is 10.8. The number of rotatable bonds is 2. The molecule has 1 saturated heterocycles. The maximum atomic E-state index is 17.2. The summed E-state index contributed by atoms with van der Waals surface area (Å²) in [4.78, 5) is 26.9. The number of nitrogens with zero attached hydrogens (tertiary/aromatic N) is 8. The van der Waals surface area contributed by atoms with Crippen LogP contribution < -0.4 is 20.1 Å². The topological polar surface area (TPSA) is 159 Å². The van der Waals surface area contributed by atoms with Crippen LogP contribution in [0.3, 0.4) is 0 Å². The Labute approximate surface area is 286 Å². The number of carbonyl (C=O) groups excluding carboxylic acids is 1. The number of nitriles is 2. The molecule has 0 radical (unpaired) electrons. The maximum absolute atomic E-state index is 17.2. The first-order valence-electron chi connectivity index (χ1n) is 15.6. The van der Waals surface area contributed by atoms with E-state index in [1.165, 1.54) is 16.8 Å². The van der Waals surface area contributed by atoms with Crippen LogP contribution >= 0.6 is 22.9 Å². The minimum Gasteiger partial charge on any atom is -0.489 e. The molecule has 49 heavy (non-hydrogen) atoms. The Morgan fingerprint density at radius 3 is 2.73 bits per heavy atom. The molecule has 0 aliphatic carbocycles. The van der Waals surface area contributed by atoms with Crippen LogP contribution in [0.5, 0.6) is 11.8 Å². The molecule has 2 aromatic carbocycles. The van der Waals surface area contributed by atoms with Crippen molar-refractivity contribution in [2.45, 2.75) is 44.4 Å². The van der Waals surface area contributed by atoms with Gasteiger partial charge in [0.1, 0.15) is 47.0 Å². The second kappa shape index (κ2) is 11.8. The Morgan fingerprint density at radius 2 is 1.98 bits per heavy atom. The first-order chi connectivity index (χ1) is 23.7. The zero-order valence-electron chi connectivity index (χ0n) is 26.0. The summed E-state index contributed by atoms with van der Waals surface area (Å²) in [7, 11) is 1.98. The molecule has 12 nitrogen and oxygen atoms in total. The van der Waals surface area contributed by atoms with Crippen molar-refractivity contribution in [3.8, 4) is 35.0 Å². The molecule has 0 spiro atoms. The van der Waals surface area contributed by atoms with Crippen LogP contribution in [-0.4, -0.2) is 69.4 Å². The molecule has 5 aromatic rings. The highest BCUT2D eigenvalue weighted by Gasteiger charge is 2.36. The summed E-state index contributed by atoms with van der Waals surface area (Å²) in [5.74, 6) is -1.40. The highest BCUT2D eigenvalue weighted by atomic mass is 35.5. The van der Waals surface area contributed by atoms with Gasteiger partial charge in [0.15, 0.2) is 17.3 Å². The van der Waals surface area contributed by atoms with Crippen LogP contribution in [0.15, 0.2) is 18.2 Å². The number of nitrogen functional groups attached to an aromatic ring is 1. The van der Waals surface area contributed by atoms with E-state index in [4.69, 9.17) is 31.8 Å². The predicted molar refractivity (Wildman–Crippen MR) is 178 cm³/mol. The molecule has 0 saturated carbocycles. The van der Waals surface area contributed by atoms with Crippen molar-refractivity contribution in [1.29, 1.82) is 10.5 Å². The minimum absolute atomic E-state index is 0.0105. The molecule has 2 N–H and O–H groups in total. The van der Waals surface area contributed by atoms with E-state index >= 15 is 4.39 Å². The molecular formula is C33H26ClF2N9O3S. The van der Waals surface area contributed by atoms with E-state index in [0.29, 0.717) is 12.1 Å². The molecule has 3 aliphatic heterocycles. The van der Waals surface area contributed by atoms with Crippen molar-refractivity contribution in [3.63, 3.8) is 0 Å². The number of aromatic nitrogens is 4. The van der Waals surface area contributed by atoms with Crippen LogP contribution in [0.1, 0.15) is 47.4 Å². The van der Waals surface area contributed by atoms with Crippen LogP contribution in [0, 0.1) is 34.3 Å². The number of fused-ring (bicyclic) bond motifs is 3.